The number of nitrogens with one attached hydrogen (secondary N) is 3. The van der Waals surface area contributed by atoms with Crippen LogP contribution < -0.4 is 21.7 Å². The van der Waals surface area contributed by atoms with Gasteiger partial charge >= 0.3 is 17.9 Å². The third-order valence-corrected chi connectivity index (χ3v) is 5.02. The molecule has 14 heteroatoms. The Morgan fingerprint density at radius 2 is 1.28 bits per heavy atom. The third kappa shape index (κ3) is 10.8. The SMILES string of the molecule is CC(NC(=O)C(CCC(=O)O)NC(=O)C(Cc1ccc(O)cc1)NC(=O)C(N)CCC(=O)O)C(=O)O. The molecule has 0 fully saturated rings. The van der Waals surface area contributed by atoms with E-state index in [1.807, 2.05) is 0 Å². The van der Waals surface area contributed by atoms with E-state index >= 15 is 0 Å². The van der Waals surface area contributed by atoms with E-state index in [4.69, 9.17) is 21.1 Å². The Labute approximate surface area is 205 Å². The Balaban J connectivity index is 3.10. The molecule has 4 unspecified atom stereocenters. The van der Waals surface area contributed by atoms with Crippen LogP contribution in [0, 0.1) is 0 Å². The predicted molar refractivity (Wildman–Crippen MR) is 123 cm³/mol. The number of phenols is 1. The number of carboxylic acid groups (broad SMARTS) is 3. The van der Waals surface area contributed by atoms with Gasteiger partial charge in [0.25, 0.3) is 0 Å². The number of hydrogen-bond donors (Lipinski definition) is 8. The molecule has 1 aromatic carbocycles. The molecule has 0 aliphatic carbocycles. The summed E-state index contributed by atoms with van der Waals surface area (Å²) in [4.78, 5) is 70.9. The fourth-order valence-corrected chi connectivity index (χ4v) is 2.95. The van der Waals surface area contributed by atoms with Crippen molar-refractivity contribution in [1.82, 2.24) is 16.0 Å². The molecule has 4 atom stereocenters. The zero-order valence-corrected chi connectivity index (χ0v) is 19.5. The topological polar surface area (TPSA) is 245 Å². The maximum atomic E-state index is 13.1. The first kappa shape index (κ1) is 29.8. The van der Waals surface area contributed by atoms with Crippen LogP contribution in [-0.4, -0.2) is 80.2 Å². The number of amides is 3. The second kappa shape index (κ2) is 14.3. The summed E-state index contributed by atoms with van der Waals surface area (Å²) in [6.45, 7) is 1.18. The Morgan fingerprint density at radius 3 is 1.81 bits per heavy atom. The summed E-state index contributed by atoms with van der Waals surface area (Å²) in [6.07, 6.45) is -1.59. The minimum atomic E-state index is -1.43. The molecule has 1 aromatic rings. The first-order chi connectivity index (χ1) is 16.8. The standard InChI is InChI=1S/C22H30N4O10/c1-11(22(35)36)24-20(33)15(7-9-18(30)31)25-21(34)16(10-12-2-4-13(27)5-3-12)26-19(32)14(23)6-8-17(28)29/h2-5,11,14-16,27H,6-10,23H2,1H3,(H,24,33)(H,25,34)(H,26,32)(H,28,29)(H,30,31)(H,35,36). The molecule has 3 amide bonds. The number of carboxylic acids is 3. The van der Waals surface area contributed by atoms with E-state index in [0.717, 1.165) is 0 Å². The van der Waals surface area contributed by atoms with E-state index in [1.165, 1.54) is 31.2 Å². The van der Waals surface area contributed by atoms with Gasteiger partial charge in [-0.1, -0.05) is 12.1 Å². The lowest BCUT2D eigenvalue weighted by Crippen LogP contribution is -2.57. The normalized spacial score (nSPS) is 13.9. The van der Waals surface area contributed by atoms with Crippen molar-refractivity contribution in [1.29, 1.82) is 0 Å². The van der Waals surface area contributed by atoms with E-state index in [9.17, 15) is 33.9 Å². The second-order valence-electron chi connectivity index (χ2n) is 8.03. The number of carbonyl (C=O) groups is 6. The number of rotatable bonds is 15. The number of hydrogen-bond acceptors (Lipinski definition) is 8. The molecular formula is C22H30N4O10. The van der Waals surface area contributed by atoms with E-state index < -0.39 is 66.2 Å². The van der Waals surface area contributed by atoms with Gasteiger partial charge in [-0.25, -0.2) is 0 Å². The highest BCUT2D eigenvalue weighted by molar-refractivity contribution is 5.94. The summed E-state index contributed by atoms with van der Waals surface area (Å²) in [7, 11) is 0. The molecule has 0 aliphatic heterocycles. The lowest BCUT2D eigenvalue weighted by Gasteiger charge is -2.24. The van der Waals surface area contributed by atoms with Crippen LogP contribution in [0.5, 0.6) is 5.75 Å². The van der Waals surface area contributed by atoms with Crippen LogP contribution in [0.25, 0.3) is 0 Å². The van der Waals surface area contributed by atoms with Gasteiger partial charge in [0, 0.05) is 19.3 Å². The van der Waals surface area contributed by atoms with Gasteiger partial charge in [0.15, 0.2) is 0 Å². The summed E-state index contributed by atoms with van der Waals surface area (Å²) in [5.74, 6) is -6.48. The smallest absolute Gasteiger partial charge is 0.325 e. The number of carbonyl (C=O) groups excluding carboxylic acids is 3. The van der Waals surface area contributed by atoms with Crippen molar-refractivity contribution in [2.75, 3.05) is 0 Å². The molecule has 0 spiro atoms. The molecule has 0 aromatic heterocycles. The first-order valence-corrected chi connectivity index (χ1v) is 10.9. The second-order valence-corrected chi connectivity index (χ2v) is 8.03. The zero-order valence-electron chi connectivity index (χ0n) is 19.5. The highest BCUT2D eigenvalue weighted by atomic mass is 16.4. The summed E-state index contributed by atoms with van der Waals surface area (Å²) >= 11 is 0. The molecule has 14 nitrogen and oxygen atoms in total. The van der Waals surface area contributed by atoms with E-state index in [0.29, 0.717) is 5.56 Å². The van der Waals surface area contributed by atoms with E-state index in [1.54, 1.807) is 0 Å². The minimum Gasteiger partial charge on any atom is -0.508 e. The highest BCUT2D eigenvalue weighted by Gasteiger charge is 2.30. The molecule has 1 rings (SSSR count). The van der Waals surface area contributed by atoms with E-state index in [-0.39, 0.29) is 31.4 Å². The average Bonchev–Trinajstić information content (AvgIpc) is 2.80. The van der Waals surface area contributed by atoms with Gasteiger partial charge in [-0.15, -0.1) is 0 Å². The van der Waals surface area contributed by atoms with Gasteiger partial charge in [0.05, 0.1) is 6.04 Å². The molecule has 0 saturated carbocycles. The summed E-state index contributed by atoms with van der Waals surface area (Å²) in [6, 6.07) is 0.331. The number of aromatic hydroxyl groups is 1. The van der Waals surface area contributed by atoms with Crippen LogP contribution in [0.4, 0.5) is 0 Å². The van der Waals surface area contributed by atoms with Crippen LogP contribution in [0.3, 0.4) is 0 Å². The van der Waals surface area contributed by atoms with Crippen molar-refractivity contribution in [2.24, 2.45) is 5.73 Å². The van der Waals surface area contributed by atoms with Crippen molar-refractivity contribution in [3.8, 4) is 5.75 Å². The Bertz CT molecular complexity index is 966. The van der Waals surface area contributed by atoms with Crippen molar-refractivity contribution in [3.63, 3.8) is 0 Å². The van der Waals surface area contributed by atoms with Gasteiger partial charge in [-0.2, -0.15) is 0 Å². The van der Waals surface area contributed by atoms with Crippen molar-refractivity contribution in [3.05, 3.63) is 29.8 Å². The Kier molecular flexibility index (Phi) is 11.8. The number of aliphatic carboxylic acids is 3. The molecular weight excluding hydrogens is 480 g/mol. The highest BCUT2D eigenvalue weighted by Crippen LogP contribution is 2.12. The lowest BCUT2D eigenvalue weighted by atomic mass is 10.0. The molecule has 0 heterocycles. The Morgan fingerprint density at radius 1 is 0.778 bits per heavy atom. The summed E-state index contributed by atoms with van der Waals surface area (Å²) in [5.41, 5.74) is 6.21. The van der Waals surface area contributed by atoms with Gasteiger partial charge in [0.1, 0.15) is 23.9 Å². The van der Waals surface area contributed by atoms with Crippen molar-refractivity contribution >= 4 is 35.6 Å². The van der Waals surface area contributed by atoms with Gasteiger partial charge in [0.2, 0.25) is 17.7 Å². The average molecular weight is 511 g/mol. The largest absolute Gasteiger partial charge is 0.508 e. The summed E-state index contributed by atoms with van der Waals surface area (Å²) in [5, 5.41) is 43.1. The lowest BCUT2D eigenvalue weighted by molar-refractivity contribution is -0.142. The number of nitrogens with two attached hydrogens (primary N) is 1. The molecule has 0 saturated heterocycles. The zero-order chi connectivity index (χ0) is 27.4. The van der Waals surface area contributed by atoms with Crippen molar-refractivity contribution < 1.29 is 49.2 Å². The van der Waals surface area contributed by atoms with Gasteiger partial charge in [-0.05, 0) is 37.5 Å². The van der Waals surface area contributed by atoms with Crippen LogP contribution >= 0.6 is 0 Å². The molecule has 9 N–H and O–H groups in total. The van der Waals surface area contributed by atoms with Crippen LogP contribution in [0.1, 0.15) is 38.2 Å². The van der Waals surface area contributed by atoms with Crippen LogP contribution in [-0.2, 0) is 35.2 Å². The monoisotopic (exact) mass is 510 g/mol. The first-order valence-electron chi connectivity index (χ1n) is 10.9. The maximum Gasteiger partial charge on any atom is 0.325 e. The number of phenolic OH excluding ortho intramolecular Hbond substituents is 1. The Hall–Kier alpha value is -4.20. The molecule has 0 bridgehead atoms. The molecule has 198 valence electrons. The number of benzene rings is 1. The summed E-state index contributed by atoms with van der Waals surface area (Å²) < 4.78 is 0. The van der Waals surface area contributed by atoms with Crippen LogP contribution in [0.15, 0.2) is 24.3 Å². The maximum absolute atomic E-state index is 13.1. The molecule has 0 aliphatic rings. The quantitative estimate of drug-likeness (QED) is 0.136. The van der Waals surface area contributed by atoms with Gasteiger partial charge < -0.3 is 42.1 Å². The van der Waals surface area contributed by atoms with Gasteiger partial charge in [-0.3, -0.25) is 28.8 Å². The fraction of sp³-hybridized carbons (Fsp3) is 0.455. The fourth-order valence-electron chi connectivity index (χ4n) is 2.95. The molecule has 0 radical (unpaired) electrons. The van der Waals surface area contributed by atoms with E-state index in [2.05, 4.69) is 16.0 Å². The molecule has 36 heavy (non-hydrogen) atoms. The minimum absolute atomic E-state index is 0.0440. The third-order valence-electron chi connectivity index (χ3n) is 5.02. The van der Waals surface area contributed by atoms with Crippen LogP contribution in [0.2, 0.25) is 0 Å². The predicted octanol–water partition coefficient (Wildman–Crippen LogP) is -1.45. The van der Waals surface area contributed by atoms with Crippen molar-refractivity contribution in [2.45, 2.75) is 63.2 Å².